The first-order chi connectivity index (χ1) is 7.70. The van der Waals surface area contributed by atoms with Crippen LogP contribution in [-0.2, 0) is 0 Å². The number of pyridine rings is 1. The van der Waals surface area contributed by atoms with Crippen LogP contribution in [0.5, 0.6) is 0 Å². The van der Waals surface area contributed by atoms with Crippen molar-refractivity contribution in [3.8, 4) is 0 Å². The molecule has 1 atom stereocenters. The lowest BCUT2D eigenvalue weighted by atomic mass is 10.2. The van der Waals surface area contributed by atoms with Crippen LogP contribution >= 0.6 is 0 Å². The molecule has 4 nitrogen and oxygen atoms in total. The van der Waals surface area contributed by atoms with E-state index in [-0.39, 0.29) is 5.91 Å². The summed E-state index contributed by atoms with van der Waals surface area (Å²) in [6.45, 7) is 3.88. The van der Waals surface area contributed by atoms with Gasteiger partial charge < -0.3 is 10.2 Å². The van der Waals surface area contributed by atoms with Crippen LogP contribution in [0.4, 0.5) is 5.69 Å². The number of nitrogens with one attached hydrogen (secondary N) is 1. The molecule has 0 saturated carbocycles. The fourth-order valence-corrected chi connectivity index (χ4v) is 1.98. The molecule has 1 fully saturated rings. The van der Waals surface area contributed by atoms with Gasteiger partial charge in [-0.15, -0.1) is 0 Å². The van der Waals surface area contributed by atoms with Crippen molar-refractivity contribution in [2.24, 2.45) is 5.92 Å². The van der Waals surface area contributed by atoms with E-state index in [1.807, 2.05) is 18.0 Å². The largest absolute Gasteiger partial charge is 0.388 e. The van der Waals surface area contributed by atoms with Crippen molar-refractivity contribution in [3.63, 3.8) is 0 Å². The Morgan fingerprint density at radius 3 is 3.06 bits per heavy atom. The van der Waals surface area contributed by atoms with E-state index >= 15 is 0 Å². The van der Waals surface area contributed by atoms with Crippen molar-refractivity contribution in [3.05, 3.63) is 24.0 Å². The van der Waals surface area contributed by atoms with Gasteiger partial charge in [0.15, 0.2) is 0 Å². The second-order valence-electron chi connectivity index (χ2n) is 4.32. The van der Waals surface area contributed by atoms with E-state index in [1.165, 1.54) is 0 Å². The smallest absolute Gasteiger partial charge is 0.272 e. The predicted octanol–water partition coefficient (Wildman–Crippen LogP) is 1.61. The third-order valence-corrected chi connectivity index (χ3v) is 2.98. The Kier molecular flexibility index (Phi) is 3.08. The zero-order chi connectivity index (χ0) is 11.5. The number of anilines is 1. The summed E-state index contributed by atoms with van der Waals surface area (Å²) in [7, 11) is 1.83. The maximum atomic E-state index is 12.1. The van der Waals surface area contributed by atoms with Crippen LogP contribution in [-0.4, -0.2) is 35.9 Å². The van der Waals surface area contributed by atoms with Crippen LogP contribution < -0.4 is 5.32 Å². The Balaban J connectivity index is 2.14. The first-order valence-electron chi connectivity index (χ1n) is 5.64. The maximum Gasteiger partial charge on any atom is 0.272 e. The number of likely N-dealkylation sites (tertiary alicyclic amines) is 1. The summed E-state index contributed by atoms with van der Waals surface area (Å²) < 4.78 is 0. The van der Waals surface area contributed by atoms with Crippen molar-refractivity contribution in [2.45, 2.75) is 13.3 Å². The molecule has 0 radical (unpaired) electrons. The Hall–Kier alpha value is -1.58. The van der Waals surface area contributed by atoms with Gasteiger partial charge in [-0.3, -0.25) is 9.78 Å². The minimum absolute atomic E-state index is 0.0430. The van der Waals surface area contributed by atoms with Crippen LogP contribution in [0.2, 0.25) is 0 Å². The highest BCUT2D eigenvalue weighted by atomic mass is 16.2. The topological polar surface area (TPSA) is 45.2 Å². The van der Waals surface area contributed by atoms with Crippen LogP contribution in [0, 0.1) is 5.92 Å². The van der Waals surface area contributed by atoms with Gasteiger partial charge in [-0.05, 0) is 24.5 Å². The zero-order valence-corrected chi connectivity index (χ0v) is 9.73. The fraction of sp³-hybridized carbons (Fsp3) is 0.500. The average molecular weight is 219 g/mol. The molecule has 1 aromatic heterocycles. The number of nitrogens with zero attached hydrogens (tertiary/aromatic N) is 2. The lowest BCUT2D eigenvalue weighted by Gasteiger charge is -2.15. The predicted molar refractivity (Wildman–Crippen MR) is 63.5 cm³/mol. The second kappa shape index (κ2) is 4.51. The number of aromatic nitrogens is 1. The van der Waals surface area contributed by atoms with Crippen LogP contribution in [0.3, 0.4) is 0 Å². The molecule has 1 N–H and O–H groups in total. The quantitative estimate of drug-likeness (QED) is 0.821. The highest BCUT2D eigenvalue weighted by Crippen LogP contribution is 2.18. The first kappa shape index (κ1) is 10.9. The monoisotopic (exact) mass is 219 g/mol. The maximum absolute atomic E-state index is 12.1. The molecule has 1 aliphatic heterocycles. The lowest BCUT2D eigenvalue weighted by Crippen LogP contribution is -2.29. The van der Waals surface area contributed by atoms with E-state index in [0.717, 1.165) is 25.2 Å². The van der Waals surface area contributed by atoms with Gasteiger partial charge in [-0.25, -0.2) is 0 Å². The Morgan fingerprint density at radius 1 is 1.62 bits per heavy atom. The molecule has 2 rings (SSSR count). The number of carbonyl (C=O) groups excluding carboxylic acids is 1. The number of amides is 1. The average Bonchev–Trinajstić information content (AvgIpc) is 2.75. The highest BCUT2D eigenvalue weighted by molar-refractivity contribution is 5.93. The third kappa shape index (κ3) is 2.15. The molecule has 1 amide bonds. The van der Waals surface area contributed by atoms with Crippen molar-refractivity contribution in [2.75, 3.05) is 25.5 Å². The summed E-state index contributed by atoms with van der Waals surface area (Å²) in [6, 6.07) is 3.65. The second-order valence-corrected chi connectivity index (χ2v) is 4.32. The Morgan fingerprint density at radius 2 is 2.44 bits per heavy atom. The summed E-state index contributed by atoms with van der Waals surface area (Å²) in [6.07, 6.45) is 2.76. The lowest BCUT2D eigenvalue weighted by molar-refractivity contribution is 0.0782. The van der Waals surface area contributed by atoms with Crippen LogP contribution in [0.15, 0.2) is 18.3 Å². The Labute approximate surface area is 95.7 Å². The standard InChI is InChI=1S/C12H17N3O/c1-9-4-6-15(8-9)12(16)11-7-10(13-2)3-5-14-11/h3,5,7,9H,4,6,8H2,1-2H3,(H,13,14). The van der Waals surface area contributed by atoms with Gasteiger partial charge in [0, 0.05) is 32.0 Å². The molecular formula is C12H17N3O. The molecule has 16 heavy (non-hydrogen) atoms. The van der Waals surface area contributed by atoms with E-state index in [1.54, 1.807) is 12.3 Å². The van der Waals surface area contributed by atoms with Gasteiger partial charge in [-0.2, -0.15) is 0 Å². The van der Waals surface area contributed by atoms with Crippen LogP contribution in [0.1, 0.15) is 23.8 Å². The molecule has 1 saturated heterocycles. The molecule has 2 heterocycles. The van der Waals surface area contributed by atoms with Crippen LogP contribution in [0.25, 0.3) is 0 Å². The zero-order valence-electron chi connectivity index (χ0n) is 9.73. The SMILES string of the molecule is CNc1ccnc(C(=O)N2CCC(C)C2)c1. The van der Waals surface area contributed by atoms with Crippen molar-refractivity contribution in [1.82, 2.24) is 9.88 Å². The summed E-state index contributed by atoms with van der Waals surface area (Å²) in [5.74, 6) is 0.651. The van der Waals surface area contributed by atoms with Gasteiger partial charge >= 0.3 is 0 Å². The van der Waals surface area contributed by atoms with Gasteiger partial charge in [0.2, 0.25) is 0 Å². The van der Waals surface area contributed by atoms with E-state index in [2.05, 4.69) is 17.2 Å². The third-order valence-electron chi connectivity index (χ3n) is 2.98. The number of rotatable bonds is 2. The van der Waals surface area contributed by atoms with E-state index in [4.69, 9.17) is 0 Å². The normalized spacial score (nSPS) is 19.9. The Bertz CT molecular complexity index is 392. The molecular weight excluding hydrogens is 202 g/mol. The van der Waals surface area contributed by atoms with Gasteiger partial charge in [0.1, 0.15) is 5.69 Å². The minimum Gasteiger partial charge on any atom is -0.388 e. The number of hydrogen-bond donors (Lipinski definition) is 1. The van der Waals surface area contributed by atoms with Crippen molar-refractivity contribution in [1.29, 1.82) is 0 Å². The van der Waals surface area contributed by atoms with E-state index < -0.39 is 0 Å². The summed E-state index contributed by atoms with van der Waals surface area (Å²) in [4.78, 5) is 18.1. The number of hydrogen-bond acceptors (Lipinski definition) is 3. The number of carbonyl (C=O) groups is 1. The van der Waals surface area contributed by atoms with Gasteiger partial charge in [-0.1, -0.05) is 6.92 Å². The molecule has 0 aromatic carbocycles. The fourth-order valence-electron chi connectivity index (χ4n) is 1.98. The molecule has 4 heteroatoms. The molecule has 0 aliphatic carbocycles. The molecule has 0 spiro atoms. The van der Waals surface area contributed by atoms with E-state index in [9.17, 15) is 4.79 Å². The van der Waals surface area contributed by atoms with Gasteiger partial charge in [0.25, 0.3) is 5.91 Å². The highest BCUT2D eigenvalue weighted by Gasteiger charge is 2.24. The molecule has 1 unspecified atom stereocenters. The summed E-state index contributed by atoms with van der Waals surface area (Å²) in [5.41, 5.74) is 1.45. The molecule has 0 bridgehead atoms. The molecule has 86 valence electrons. The molecule has 1 aliphatic rings. The first-order valence-corrected chi connectivity index (χ1v) is 5.64. The summed E-state index contributed by atoms with van der Waals surface area (Å²) in [5, 5.41) is 3.01. The van der Waals surface area contributed by atoms with Crippen molar-refractivity contribution >= 4 is 11.6 Å². The van der Waals surface area contributed by atoms with Gasteiger partial charge in [0.05, 0.1) is 0 Å². The van der Waals surface area contributed by atoms with Crippen molar-refractivity contribution < 1.29 is 4.79 Å². The minimum atomic E-state index is 0.0430. The van der Waals surface area contributed by atoms with E-state index in [0.29, 0.717) is 11.6 Å². The summed E-state index contributed by atoms with van der Waals surface area (Å²) >= 11 is 0. The molecule has 1 aromatic rings.